The van der Waals surface area contributed by atoms with E-state index >= 15 is 0 Å². The van der Waals surface area contributed by atoms with Crippen molar-refractivity contribution in [2.24, 2.45) is 5.92 Å². The zero-order chi connectivity index (χ0) is 7.56. The summed E-state index contributed by atoms with van der Waals surface area (Å²) < 4.78 is 0. The topological polar surface area (TPSA) is 37.3 Å². The molecule has 1 rings (SSSR count). The Morgan fingerprint density at radius 3 is 3.00 bits per heavy atom. The molecule has 0 spiro atoms. The Labute approximate surface area is 59.9 Å². The van der Waals surface area contributed by atoms with Gasteiger partial charge in [0.2, 0.25) is 0 Å². The molecule has 10 heavy (non-hydrogen) atoms. The number of Topliss-reactive ketones (excluding diaryl/α,β-unsaturated/α-hetero) is 1. The minimum atomic E-state index is 0.0309. The molecule has 0 amide bonds. The lowest BCUT2D eigenvalue weighted by Gasteiger charge is -2.11. The summed E-state index contributed by atoms with van der Waals surface area (Å²) in [5, 5.41) is 8.55. The maximum absolute atomic E-state index is 11.1. The van der Waals surface area contributed by atoms with Crippen LogP contribution in [0.1, 0.15) is 13.3 Å². The van der Waals surface area contributed by atoms with Crippen LogP contribution in [-0.2, 0) is 4.79 Å². The third kappa shape index (κ3) is 1.10. The molecule has 2 nitrogen and oxygen atoms in total. The van der Waals surface area contributed by atoms with Gasteiger partial charge in [0.05, 0.1) is 11.8 Å². The summed E-state index contributed by atoms with van der Waals surface area (Å²) >= 11 is 0. The Morgan fingerprint density at radius 2 is 2.50 bits per heavy atom. The van der Waals surface area contributed by atoms with Gasteiger partial charge >= 0.3 is 0 Å². The molecule has 1 atom stereocenters. The number of carbonyl (C=O) groups is 1. The second-order valence-corrected chi connectivity index (χ2v) is 2.49. The van der Waals surface area contributed by atoms with Crippen LogP contribution in [0.15, 0.2) is 24.0 Å². The van der Waals surface area contributed by atoms with Crippen molar-refractivity contribution in [3.05, 3.63) is 24.0 Å². The third-order valence-corrected chi connectivity index (χ3v) is 1.66. The van der Waals surface area contributed by atoms with E-state index < -0.39 is 0 Å². The number of allylic oxidation sites excluding steroid dienone is 3. The number of rotatable bonds is 0. The molecule has 0 bridgehead atoms. The molecule has 1 aliphatic carbocycles. The van der Waals surface area contributed by atoms with E-state index in [0.29, 0.717) is 5.57 Å². The van der Waals surface area contributed by atoms with Gasteiger partial charge in [-0.25, -0.2) is 0 Å². The summed E-state index contributed by atoms with van der Waals surface area (Å²) in [5.74, 6) is 0.0633. The van der Waals surface area contributed by atoms with Gasteiger partial charge in [0, 0.05) is 5.92 Å². The summed E-state index contributed by atoms with van der Waals surface area (Å²) in [4.78, 5) is 11.1. The van der Waals surface area contributed by atoms with Crippen LogP contribution < -0.4 is 0 Å². The van der Waals surface area contributed by atoms with E-state index in [0.717, 1.165) is 12.7 Å². The number of aliphatic hydroxyl groups is 1. The van der Waals surface area contributed by atoms with Gasteiger partial charge in [-0.15, -0.1) is 0 Å². The van der Waals surface area contributed by atoms with Crippen molar-refractivity contribution in [1.29, 1.82) is 0 Å². The Hall–Kier alpha value is -1.05. The lowest BCUT2D eigenvalue weighted by atomic mass is 9.92. The maximum atomic E-state index is 11.1. The van der Waals surface area contributed by atoms with Crippen molar-refractivity contribution in [3.63, 3.8) is 0 Å². The van der Waals surface area contributed by atoms with Gasteiger partial charge in [0.1, 0.15) is 0 Å². The molecule has 0 aliphatic heterocycles. The summed E-state index contributed by atoms with van der Waals surface area (Å²) in [6.45, 7) is 1.86. The van der Waals surface area contributed by atoms with E-state index in [2.05, 4.69) is 0 Å². The molecule has 0 saturated heterocycles. The van der Waals surface area contributed by atoms with Crippen LogP contribution in [-0.4, -0.2) is 10.9 Å². The number of aliphatic hydroxyl groups excluding tert-OH is 1. The van der Waals surface area contributed by atoms with Crippen molar-refractivity contribution in [3.8, 4) is 0 Å². The zero-order valence-electron chi connectivity index (χ0n) is 5.87. The van der Waals surface area contributed by atoms with Gasteiger partial charge in [0.15, 0.2) is 5.78 Å². The summed E-state index contributed by atoms with van der Waals surface area (Å²) in [5.41, 5.74) is 0.416. The van der Waals surface area contributed by atoms with Crippen molar-refractivity contribution in [1.82, 2.24) is 0 Å². The first-order chi connectivity index (χ1) is 4.75. The highest BCUT2D eigenvalue weighted by molar-refractivity contribution is 6.00. The summed E-state index contributed by atoms with van der Waals surface area (Å²) in [6.07, 6.45) is 5.21. The van der Waals surface area contributed by atoms with E-state index in [-0.39, 0.29) is 11.7 Å². The molecule has 0 aromatic rings. The monoisotopic (exact) mass is 138 g/mol. The molecule has 0 fully saturated rings. The predicted molar refractivity (Wildman–Crippen MR) is 38.6 cm³/mol. The smallest absolute Gasteiger partial charge is 0.169 e. The molecule has 1 aliphatic rings. The average Bonchev–Trinajstić information content (AvgIpc) is 1.95. The number of carbonyl (C=O) groups excluding carboxylic acids is 1. The third-order valence-electron chi connectivity index (χ3n) is 1.66. The first-order valence-electron chi connectivity index (χ1n) is 3.31. The number of hydrogen-bond acceptors (Lipinski definition) is 2. The average molecular weight is 138 g/mol. The van der Waals surface area contributed by atoms with Crippen LogP contribution in [0.5, 0.6) is 0 Å². The SMILES string of the molecule is CC1CC=C/C(=C/O)C1=O. The molecular weight excluding hydrogens is 128 g/mol. The van der Waals surface area contributed by atoms with Gasteiger partial charge in [-0.3, -0.25) is 4.79 Å². The molecule has 0 saturated carbocycles. The standard InChI is InChI=1S/C8H10O2/c1-6-3-2-4-7(5-9)8(6)10/h2,4-6,9H,3H2,1H3/b7-5-. The molecular formula is C8H10O2. The Bertz CT molecular complexity index is 201. The maximum Gasteiger partial charge on any atom is 0.169 e. The normalized spacial score (nSPS) is 29.5. The van der Waals surface area contributed by atoms with Crippen LogP contribution in [0.25, 0.3) is 0 Å². The first kappa shape index (κ1) is 7.06. The van der Waals surface area contributed by atoms with Crippen LogP contribution in [0, 0.1) is 5.92 Å². The Morgan fingerprint density at radius 1 is 1.80 bits per heavy atom. The summed E-state index contributed by atoms with van der Waals surface area (Å²) in [7, 11) is 0. The molecule has 1 N–H and O–H groups in total. The number of ketones is 1. The van der Waals surface area contributed by atoms with Crippen molar-refractivity contribution in [2.75, 3.05) is 0 Å². The van der Waals surface area contributed by atoms with Crippen LogP contribution in [0.3, 0.4) is 0 Å². The van der Waals surface area contributed by atoms with Gasteiger partial charge in [0.25, 0.3) is 0 Å². The molecule has 2 heteroatoms. The lowest BCUT2D eigenvalue weighted by molar-refractivity contribution is -0.118. The largest absolute Gasteiger partial charge is 0.515 e. The molecule has 0 aromatic heterocycles. The second-order valence-electron chi connectivity index (χ2n) is 2.49. The minimum absolute atomic E-state index is 0.0309. The Kier molecular flexibility index (Phi) is 1.90. The van der Waals surface area contributed by atoms with Gasteiger partial charge in [-0.2, -0.15) is 0 Å². The molecule has 1 unspecified atom stereocenters. The second kappa shape index (κ2) is 2.69. The fraction of sp³-hybridized carbons (Fsp3) is 0.375. The van der Waals surface area contributed by atoms with Crippen molar-refractivity contribution in [2.45, 2.75) is 13.3 Å². The lowest BCUT2D eigenvalue weighted by Crippen LogP contribution is -2.15. The molecule has 54 valence electrons. The van der Waals surface area contributed by atoms with E-state index in [4.69, 9.17) is 5.11 Å². The predicted octanol–water partition coefficient (Wildman–Crippen LogP) is 1.59. The first-order valence-corrected chi connectivity index (χ1v) is 3.31. The molecule has 0 heterocycles. The van der Waals surface area contributed by atoms with E-state index in [1.165, 1.54) is 0 Å². The fourth-order valence-corrected chi connectivity index (χ4v) is 0.979. The van der Waals surface area contributed by atoms with Crippen molar-refractivity contribution < 1.29 is 9.90 Å². The van der Waals surface area contributed by atoms with E-state index in [1.54, 1.807) is 6.08 Å². The fourth-order valence-electron chi connectivity index (χ4n) is 0.979. The highest BCUT2D eigenvalue weighted by Crippen LogP contribution is 2.17. The minimum Gasteiger partial charge on any atom is -0.515 e. The summed E-state index contributed by atoms with van der Waals surface area (Å²) in [6, 6.07) is 0. The van der Waals surface area contributed by atoms with Crippen molar-refractivity contribution >= 4 is 5.78 Å². The van der Waals surface area contributed by atoms with E-state index in [1.807, 2.05) is 13.0 Å². The van der Waals surface area contributed by atoms with Crippen LogP contribution in [0.4, 0.5) is 0 Å². The molecule has 0 radical (unpaired) electrons. The van der Waals surface area contributed by atoms with Crippen LogP contribution >= 0.6 is 0 Å². The zero-order valence-corrected chi connectivity index (χ0v) is 5.87. The molecule has 0 aromatic carbocycles. The highest BCUT2D eigenvalue weighted by Gasteiger charge is 2.18. The van der Waals surface area contributed by atoms with Gasteiger partial charge in [-0.05, 0) is 6.42 Å². The number of hydrogen-bond donors (Lipinski definition) is 1. The Balaban J connectivity index is 2.87. The van der Waals surface area contributed by atoms with Gasteiger partial charge < -0.3 is 5.11 Å². The quantitative estimate of drug-likeness (QED) is 0.407. The van der Waals surface area contributed by atoms with Gasteiger partial charge in [-0.1, -0.05) is 19.1 Å². The van der Waals surface area contributed by atoms with E-state index in [9.17, 15) is 4.79 Å². The van der Waals surface area contributed by atoms with Crippen LogP contribution in [0.2, 0.25) is 0 Å². The highest BCUT2D eigenvalue weighted by atomic mass is 16.2.